The highest BCUT2D eigenvalue weighted by Gasteiger charge is 2.31. The van der Waals surface area contributed by atoms with Crippen LogP contribution in [-0.2, 0) is 22.6 Å². The van der Waals surface area contributed by atoms with Gasteiger partial charge in [-0.25, -0.2) is 0 Å². The number of methoxy groups -OCH3 is 2. The second-order valence-electron chi connectivity index (χ2n) is 7.30. The highest BCUT2D eigenvalue weighted by atomic mass is 16.5. The van der Waals surface area contributed by atoms with Crippen LogP contribution in [0, 0.1) is 0 Å². The Hall–Kier alpha value is -3.80. The summed E-state index contributed by atoms with van der Waals surface area (Å²) in [6, 6.07) is 23.6. The summed E-state index contributed by atoms with van der Waals surface area (Å²) in [5.74, 6) is 0.738. The van der Waals surface area contributed by atoms with E-state index >= 15 is 0 Å². The van der Waals surface area contributed by atoms with Crippen LogP contribution in [0.3, 0.4) is 0 Å². The predicted octanol–water partition coefficient (Wildman–Crippen LogP) is 3.76. The molecule has 3 aromatic carbocycles. The zero-order chi connectivity index (χ0) is 22.9. The molecule has 2 amide bonds. The third-order valence-electron chi connectivity index (χ3n) is 5.24. The minimum atomic E-state index is -0.756. The van der Waals surface area contributed by atoms with Crippen LogP contribution in [0.5, 0.6) is 11.5 Å². The van der Waals surface area contributed by atoms with E-state index in [4.69, 9.17) is 9.47 Å². The summed E-state index contributed by atoms with van der Waals surface area (Å²) >= 11 is 0. The molecule has 6 heteroatoms. The second-order valence-corrected chi connectivity index (χ2v) is 7.30. The molecule has 32 heavy (non-hydrogen) atoms. The van der Waals surface area contributed by atoms with Crippen molar-refractivity contribution in [3.8, 4) is 11.5 Å². The first-order valence-corrected chi connectivity index (χ1v) is 10.4. The molecule has 0 fully saturated rings. The van der Waals surface area contributed by atoms with Gasteiger partial charge in [-0.05, 0) is 28.8 Å². The molecule has 0 heterocycles. The van der Waals surface area contributed by atoms with Gasteiger partial charge in [0.2, 0.25) is 11.8 Å². The Labute approximate surface area is 188 Å². The van der Waals surface area contributed by atoms with Gasteiger partial charge in [0.25, 0.3) is 0 Å². The fraction of sp³-hybridized carbons (Fsp3) is 0.231. The van der Waals surface area contributed by atoms with E-state index in [1.54, 1.807) is 38.3 Å². The van der Waals surface area contributed by atoms with Crippen LogP contribution >= 0.6 is 0 Å². The molecule has 0 aromatic heterocycles. The van der Waals surface area contributed by atoms with Gasteiger partial charge < -0.3 is 19.7 Å². The SMILES string of the molecule is CNC(=O)[C@H](c1ccccc1)N(Cc1ccccc1)C(=O)Cc1ccc(OC)c(OC)c1. The van der Waals surface area contributed by atoms with Crippen molar-refractivity contribution >= 4 is 11.8 Å². The summed E-state index contributed by atoms with van der Waals surface area (Å²) in [7, 11) is 4.71. The first-order valence-electron chi connectivity index (χ1n) is 10.4. The van der Waals surface area contributed by atoms with Crippen molar-refractivity contribution in [3.63, 3.8) is 0 Å². The van der Waals surface area contributed by atoms with E-state index in [1.807, 2.05) is 66.7 Å². The van der Waals surface area contributed by atoms with E-state index in [2.05, 4.69) is 5.32 Å². The number of amides is 2. The smallest absolute Gasteiger partial charge is 0.247 e. The quantitative estimate of drug-likeness (QED) is 0.559. The van der Waals surface area contributed by atoms with E-state index in [1.165, 1.54) is 0 Å². The van der Waals surface area contributed by atoms with Gasteiger partial charge in [-0.1, -0.05) is 66.7 Å². The van der Waals surface area contributed by atoms with Crippen molar-refractivity contribution in [1.29, 1.82) is 0 Å². The van der Waals surface area contributed by atoms with Gasteiger partial charge in [-0.2, -0.15) is 0 Å². The largest absolute Gasteiger partial charge is 0.493 e. The third-order valence-corrected chi connectivity index (χ3v) is 5.24. The third kappa shape index (κ3) is 5.46. The Morgan fingerprint density at radius 2 is 1.47 bits per heavy atom. The van der Waals surface area contributed by atoms with E-state index in [0.717, 1.165) is 16.7 Å². The Kier molecular flexibility index (Phi) is 7.86. The Morgan fingerprint density at radius 1 is 0.844 bits per heavy atom. The van der Waals surface area contributed by atoms with Gasteiger partial charge in [0.15, 0.2) is 11.5 Å². The first kappa shape index (κ1) is 22.9. The molecule has 0 spiro atoms. The molecule has 0 aliphatic heterocycles. The molecule has 166 valence electrons. The molecule has 0 aliphatic rings. The summed E-state index contributed by atoms with van der Waals surface area (Å²) < 4.78 is 10.7. The maximum Gasteiger partial charge on any atom is 0.247 e. The molecule has 0 radical (unpaired) electrons. The summed E-state index contributed by atoms with van der Waals surface area (Å²) in [5, 5.41) is 2.71. The Morgan fingerprint density at radius 3 is 2.06 bits per heavy atom. The average Bonchev–Trinajstić information content (AvgIpc) is 2.84. The van der Waals surface area contributed by atoms with Crippen molar-refractivity contribution in [2.75, 3.05) is 21.3 Å². The maximum atomic E-state index is 13.6. The molecule has 1 atom stereocenters. The van der Waals surface area contributed by atoms with E-state index in [9.17, 15) is 9.59 Å². The van der Waals surface area contributed by atoms with Crippen LogP contribution in [0.1, 0.15) is 22.7 Å². The molecule has 6 nitrogen and oxygen atoms in total. The lowest BCUT2D eigenvalue weighted by molar-refractivity contribution is -0.141. The number of ether oxygens (including phenoxy) is 2. The van der Waals surface area contributed by atoms with E-state index in [0.29, 0.717) is 18.0 Å². The fourth-order valence-corrected chi connectivity index (χ4v) is 3.62. The number of nitrogens with zero attached hydrogens (tertiary/aromatic N) is 1. The van der Waals surface area contributed by atoms with Crippen LogP contribution in [0.15, 0.2) is 78.9 Å². The fourth-order valence-electron chi connectivity index (χ4n) is 3.62. The van der Waals surface area contributed by atoms with Crippen molar-refractivity contribution in [2.45, 2.75) is 19.0 Å². The van der Waals surface area contributed by atoms with Gasteiger partial charge in [-0.15, -0.1) is 0 Å². The van der Waals surface area contributed by atoms with Crippen LogP contribution in [0.2, 0.25) is 0 Å². The van der Waals surface area contributed by atoms with Crippen LogP contribution in [0.4, 0.5) is 0 Å². The Balaban J connectivity index is 1.97. The molecule has 3 rings (SSSR count). The number of nitrogens with one attached hydrogen (secondary N) is 1. The minimum absolute atomic E-state index is 0.119. The van der Waals surface area contributed by atoms with E-state index < -0.39 is 6.04 Å². The Bertz CT molecular complexity index is 1040. The lowest BCUT2D eigenvalue weighted by atomic mass is 10.0. The summed E-state index contributed by atoms with van der Waals surface area (Å²) in [6.07, 6.45) is 0.119. The van der Waals surface area contributed by atoms with Crippen molar-refractivity contribution < 1.29 is 19.1 Å². The molecular weight excluding hydrogens is 404 g/mol. The van der Waals surface area contributed by atoms with Crippen LogP contribution < -0.4 is 14.8 Å². The van der Waals surface area contributed by atoms with Gasteiger partial charge in [-0.3, -0.25) is 9.59 Å². The average molecular weight is 433 g/mol. The normalized spacial score (nSPS) is 11.3. The van der Waals surface area contributed by atoms with E-state index in [-0.39, 0.29) is 18.2 Å². The lowest BCUT2D eigenvalue weighted by Crippen LogP contribution is -2.43. The highest BCUT2D eigenvalue weighted by molar-refractivity contribution is 5.89. The molecule has 0 saturated heterocycles. The first-order chi connectivity index (χ1) is 15.6. The second kappa shape index (κ2) is 11.0. The lowest BCUT2D eigenvalue weighted by Gasteiger charge is -2.31. The monoisotopic (exact) mass is 432 g/mol. The molecule has 3 aromatic rings. The summed E-state index contributed by atoms with van der Waals surface area (Å²) in [5.41, 5.74) is 2.47. The summed E-state index contributed by atoms with van der Waals surface area (Å²) in [6.45, 7) is 0.305. The van der Waals surface area contributed by atoms with Crippen molar-refractivity contribution in [3.05, 3.63) is 95.6 Å². The van der Waals surface area contributed by atoms with Gasteiger partial charge in [0.1, 0.15) is 6.04 Å². The number of carbonyl (C=O) groups excluding carboxylic acids is 2. The topological polar surface area (TPSA) is 67.9 Å². The van der Waals surface area contributed by atoms with Gasteiger partial charge in [0.05, 0.1) is 20.6 Å². The number of hydrogen-bond acceptors (Lipinski definition) is 4. The zero-order valence-electron chi connectivity index (χ0n) is 18.6. The molecule has 0 saturated carbocycles. The number of hydrogen-bond donors (Lipinski definition) is 1. The number of carbonyl (C=O) groups is 2. The molecule has 1 N–H and O–H groups in total. The molecular formula is C26H28N2O4. The van der Waals surface area contributed by atoms with Crippen molar-refractivity contribution in [2.24, 2.45) is 0 Å². The summed E-state index contributed by atoms with van der Waals surface area (Å²) in [4.78, 5) is 28.1. The molecule has 0 unspecified atom stereocenters. The van der Waals surface area contributed by atoms with Crippen LogP contribution in [-0.4, -0.2) is 38.0 Å². The number of benzene rings is 3. The standard InChI is InChI=1S/C26H28N2O4/c1-27-26(30)25(21-12-8-5-9-13-21)28(18-19-10-6-4-7-11-19)24(29)17-20-14-15-22(31-2)23(16-20)32-3/h4-16,25H,17-18H2,1-3H3,(H,27,30)/t25-/m0/s1. The zero-order valence-corrected chi connectivity index (χ0v) is 18.6. The number of rotatable bonds is 9. The predicted molar refractivity (Wildman–Crippen MR) is 123 cm³/mol. The van der Waals surface area contributed by atoms with Crippen molar-refractivity contribution in [1.82, 2.24) is 10.2 Å². The van der Waals surface area contributed by atoms with Gasteiger partial charge >= 0.3 is 0 Å². The minimum Gasteiger partial charge on any atom is -0.493 e. The molecule has 0 bridgehead atoms. The highest BCUT2D eigenvalue weighted by Crippen LogP contribution is 2.29. The van der Waals surface area contributed by atoms with Crippen LogP contribution in [0.25, 0.3) is 0 Å². The maximum absolute atomic E-state index is 13.6. The number of likely N-dealkylation sites (N-methyl/N-ethyl adjacent to an activating group) is 1. The molecule has 0 aliphatic carbocycles. The van der Waals surface area contributed by atoms with Gasteiger partial charge in [0, 0.05) is 13.6 Å².